The number of aldehydes is 1. The van der Waals surface area contributed by atoms with Gasteiger partial charge in [-0.15, -0.1) is 0 Å². The molecule has 0 fully saturated rings. The van der Waals surface area contributed by atoms with Crippen LogP contribution in [0.3, 0.4) is 0 Å². The fourth-order valence-electron chi connectivity index (χ4n) is 3.73. The predicted molar refractivity (Wildman–Crippen MR) is 137 cm³/mol. The van der Waals surface area contributed by atoms with Crippen LogP contribution in [0.4, 0.5) is 10.1 Å². The van der Waals surface area contributed by atoms with Crippen molar-refractivity contribution in [3.8, 4) is 16.9 Å². The molecule has 4 N–H and O–H groups in total. The molecule has 0 amide bonds. The van der Waals surface area contributed by atoms with E-state index in [1.165, 1.54) is 31.4 Å². The second-order valence-corrected chi connectivity index (χ2v) is 8.89. The zero-order valence-electron chi connectivity index (χ0n) is 20.8. The summed E-state index contributed by atoms with van der Waals surface area (Å²) >= 11 is 0. The number of aromatic nitrogens is 1. The minimum absolute atomic E-state index is 0.00763. The number of hydrogen-bond acceptors (Lipinski definition) is 8. The first-order valence-corrected chi connectivity index (χ1v) is 11.4. The Bertz CT molecular complexity index is 1260. The lowest BCUT2D eigenvalue weighted by molar-refractivity contribution is -0.273. The van der Waals surface area contributed by atoms with Crippen molar-refractivity contribution in [1.82, 2.24) is 9.88 Å². The second kappa shape index (κ2) is 11.4. The number of nitrogens with zero attached hydrogens (tertiary/aromatic N) is 3. The summed E-state index contributed by atoms with van der Waals surface area (Å²) in [7, 11) is 3.01. The zero-order chi connectivity index (χ0) is 26.5. The molecule has 190 valence electrons. The summed E-state index contributed by atoms with van der Waals surface area (Å²) in [6.07, 6.45) is 3.43. The summed E-state index contributed by atoms with van der Waals surface area (Å²) in [6.45, 7) is 4.00. The van der Waals surface area contributed by atoms with E-state index >= 15 is 4.39 Å². The standard InChI is InChI=1S/C27H31FN4O4/c1-17(2)16-36-25-12-19(20-8-5-9-24(29)21(20)13-30-3)11-23(28)22(25)14-32(4)27(34,35)26-18(15-33)7-6-10-31-26/h5-13,15,17,34-35H,14,16,29H2,1-4H3. The van der Waals surface area contributed by atoms with Crippen molar-refractivity contribution in [3.05, 3.63) is 76.9 Å². The number of nitrogens with two attached hydrogens (primary N) is 1. The molecule has 3 aromatic rings. The number of carbonyl (C=O) groups excluding carboxylic acids is 1. The van der Waals surface area contributed by atoms with Crippen molar-refractivity contribution >= 4 is 18.2 Å². The lowest BCUT2D eigenvalue weighted by Gasteiger charge is -2.32. The summed E-state index contributed by atoms with van der Waals surface area (Å²) in [5.74, 6) is -2.83. The Balaban J connectivity index is 2.08. The summed E-state index contributed by atoms with van der Waals surface area (Å²) in [5.41, 5.74) is 8.37. The fraction of sp³-hybridized carbons (Fsp3) is 0.296. The molecular formula is C27H31FN4O4. The number of aliphatic imine (C=N–C) groups is 1. The van der Waals surface area contributed by atoms with Crippen LogP contribution < -0.4 is 10.5 Å². The molecule has 2 aromatic carbocycles. The van der Waals surface area contributed by atoms with Crippen molar-refractivity contribution in [2.75, 3.05) is 26.4 Å². The predicted octanol–water partition coefficient (Wildman–Crippen LogP) is 3.59. The molecule has 36 heavy (non-hydrogen) atoms. The number of hydrogen-bond donors (Lipinski definition) is 3. The Hall–Kier alpha value is -3.66. The van der Waals surface area contributed by atoms with E-state index in [0.29, 0.717) is 35.3 Å². The molecule has 9 heteroatoms. The zero-order valence-corrected chi connectivity index (χ0v) is 20.8. The highest BCUT2D eigenvalue weighted by Gasteiger charge is 2.36. The van der Waals surface area contributed by atoms with E-state index in [1.807, 2.05) is 19.9 Å². The van der Waals surface area contributed by atoms with Crippen LogP contribution in [-0.2, 0) is 12.5 Å². The van der Waals surface area contributed by atoms with Gasteiger partial charge in [0.25, 0.3) is 5.91 Å². The van der Waals surface area contributed by atoms with Crippen LogP contribution in [0.1, 0.15) is 41.0 Å². The van der Waals surface area contributed by atoms with E-state index in [0.717, 1.165) is 4.90 Å². The highest BCUT2D eigenvalue weighted by atomic mass is 19.1. The van der Waals surface area contributed by atoms with Gasteiger partial charge < -0.3 is 20.7 Å². The van der Waals surface area contributed by atoms with Crippen LogP contribution in [0.15, 0.2) is 53.7 Å². The maximum atomic E-state index is 15.6. The topological polar surface area (TPSA) is 121 Å². The van der Waals surface area contributed by atoms with Gasteiger partial charge >= 0.3 is 0 Å². The first-order chi connectivity index (χ1) is 17.1. The minimum Gasteiger partial charge on any atom is -0.493 e. The van der Waals surface area contributed by atoms with Crippen LogP contribution in [-0.4, -0.2) is 53.3 Å². The van der Waals surface area contributed by atoms with E-state index in [4.69, 9.17) is 10.5 Å². The van der Waals surface area contributed by atoms with E-state index in [2.05, 4.69) is 9.98 Å². The van der Waals surface area contributed by atoms with E-state index in [-0.39, 0.29) is 35.0 Å². The van der Waals surface area contributed by atoms with Crippen molar-refractivity contribution in [2.24, 2.45) is 10.9 Å². The van der Waals surface area contributed by atoms with Gasteiger partial charge in [-0.25, -0.2) is 9.29 Å². The van der Waals surface area contributed by atoms with Gasteiger partial charge in [-0.05, 0) is 54.4 Å². The average Bonchev–Trinajstić information content (AvgIpc) is 2.85. The molecule has 0 spiro atoms. The number of ether oxygens (including phenoxy) is 1. The first-order valence-electron chi connectivity index (χ1n) is 11.4. The minimum atomic E-state index is -2.64. The smallest absolute Gasteiger partial charge is 0.271 e. The Morgan fingerprint density at radius 2 is 2.00 bits per heavy atom. The third-order valence-electron chi connectivity index (χ3n) is 5.65. The van der Waals surface area contributed by atoms with Gasteiger partial charge in [0.15, 0.2) is 6.29 Å². The quantitative estimate of drug-likeness (QED) is 0.170. The van der Waals surface area contributed by atoms with Crippen molar-refractivity contribution in [2.45, 2.75) is 26.3 Å². The number of nitrogen functional groups attached to an aromatic ring is 1. The van der Waals surface area contributed by atoms with E-state index in [1.54, 1.807) is 31.5 Å². The van der Waals surface area contributed by atoms with Crippen LogP contribution in [0.5, 0.6) is 5.75 Å². The first kappa shape index (κ1) is 26.9. The van der Waals surface area contributed by atoms with E-state index < -0.39 is 11.7 Å². The van der Waals surface area contributed by atoms with Gasteiger partial charge in [0.2, 0.25) is 0 Å². The average molecular weight is 495 g/mol. The second-order valence-electron chi connectivity index (χ2n) is 8.89. The molecule has 0 radical (unpaired) electrons. The molecule has 0 aliphatic heterocycles. The largest absolute Gasteiger partial charge is 0.493 e. The number of rotatable bonds is 10. The third-order valence-corrected chi connectivity index (χ3v) is 5.65. The van der Waals surface area contributed by atoms with Crippen molar-refractivity contribution < 1.29 is 24.1 Å². The van der Waals surface area contributed by atoms with E-state index in [9.17, 15) is 15.0 Å². The fourth-order valence-corrected chi connectivity index (χ4v) is 3.73. The summed E-state index contributed by atoms with van der Waals surface area (Å²) in [4.78, 5) is 20.5. The molecule has 0 saturated heterocycles. The van der Waals surface area contributed by atoms with Crippen molar-refractivity contribution in [3.63, 3.8) is 0 Å². The molecule has 0 bridgehead atoms. The third kappa shape index (κ3) is 5.76. The molecule has 0 aliphatic rings. The van der Waals surface area contributed by atoms with Crippen LogP contribution in [0.2, 0.25) is 0 Å². The molecule has 3 rings (SSSR count). The Morgan fingerprint density at radius 3 is 2.67 bits per heavy atom. The number of pyridine rings is 1. The number of carbonyl (C=O) groups is 1. The molecule has 0 unspecified atom stereocenters. The van der Waals surface area contributed by atoms with Gasteiger partial charge in [-0.1, -0.05) is 26.0 Å². The number of halogens is 1. The highest BCUT2D eigenvalue weighted by molar-refractivity contribution is 5.96. The molecular weight excluding hydrogens is 463 g/mol. The molecule has 1 heterocycles. The maximum absolute atomic E-state index is 15.6. The SMILES string of the molecule is CN=Cc1c(N)cccc1-c1cc(F)c(CN(C)C(O)(O)c2ncccc2C=O)c(OCC(C)C)c1. The van der Waals surface area contributed by atoms with Gasteiger partial charge in [0, 0.05) is 48.4 Å². The van der Waals surface area contributed by atoms with Crippen LogP contribution >= 0.6 is 0 Å². The normalized spacial score (nSPS) is 12.0. The molecule has 0 saturated carbocycles. The molecule has 0 atom stereocenters. The van der Waals surface area contributed by atoms with Crippen molar-refractivity contribution in [1.29, 1.82) is 0 Å². The lowest BCUT2D eigenvalue weighted by Crippen LogP contribution is -2.44. The van der Waals surface area contributed by atoms with Gasteiger partial charge in [-0.3, -0.25) is 14.8 Å². The monoisotopic (exact) mass is 494 g/mol. The Labute approximate surface area is 209 Å². The molecule has 0 aliphatic carbocycles. The van der Waals surface area contributed by atoms with Gasteiger partial charge in [0.1, 0.15) is 17.3 Å². The number of aliphatic hydroxyl groups is 2. The summed E-state index contributed by atoms with van der Waals surface area (Å²) in [6, 6.07) is 11.3. The summed E-state index contributed by atoms with van der Waals surface area (Å²) < 4.78 is 21.6. The highest BCUT2D eigenvalue weighted by Crippen LogP contribution is 2.35. The molecule has 8 nitrogen and oxygen atoms in total. The summed E-state index contributed by atoms with van der Waals surface area (Å²) in [5, 5.41) is 21.7. The maximum Gasteiger partial charge on any atom is 0.271 e. The van der Waals surface area contributed by atoms with Crippen LogP contribution in [0.25, 0.3) is 11.1 Å². The molecule has 1 aromatic heterocycles. The Kier molecular flexibility index (Phi) is 8.52. The van der Waals surface area contributed by atoms with Gasteiger partial charge in [0.05, 0.1) is 6.61 Å². The number of benzene rings is 2. The van der Waals surface area contributed by atoms with Gasteiger partial charge in [-0.2, -0.15) is 0 Å². The lowest BCUT2D eigenvalue weighted by atomic mass is 9.96. The number of anilines is 1. The Morgan fingerprint density at radius 1 is 1.25 bits per heavy atom. The van der Waals surface area contributed by atoms with Crippen LogP contribution in [0, 0.1) is 11.7 Å².